The molecule has 0 amide bonds. The third kappa shape index (κ3) is 4.47. The summed E-state index contributed by atoms with van der Waals surface area (Å²) in [6.45, 7) is 1.32. The van der Waals surface area contributed by atoms with Crippen molar-refractivity contribution < 1.29 is 17.9 Å². The first-order valence-corrected chi connectivity index (χ1v) is 6.35. The van der Waals surface area contributed by atoms with Crippen LogP contribution in [0, 0.1) is 0 Å². The molecule has 1 fully saturated rings. The molecule has 0 bridgehead atoms. The van der Waals surface area contributed by atoms with Gasteiger partial charge in [-0.3, -0.25) is 9.88 Å². The fourth-order valence-corrected chi connectivity index (χ4v) is 2.16. The molecule has 1 aromatic heterocycles. The van der Waals surface area contributed by atoms with Gasteiger partial charge in [-0.05, 0) is 31.0 Å². The molecule has 1 saturated heterocycles. The molecule has 0 unspecified atom stereocenters. The van der Waals surface area contributed by atoms with E-state index >= 15 is 0 Å². The molecule has 0 spiro atoms. The van der Waals surface area contributed by atoms with Crippen LogP contribution >= 0.6 is 0 Å². The van der Waals surface area contributed by atoms with Crippen LogP contribution in [0.3, 0.4) is 0 Å². The highest BCUT2D eigenvalue weighted by Gasteiger charge is 2.43. The molecule has 0 saturated carbocycles. The highest BCUT2D eigenvalue weighted by Crippen LogP contribution is 2.25. The average molecular weight is 274 g/mol. The number of pyridine rings is 1. The predicted octanol–water partition coefficient (Wildman–Crippen LogP) is 2.28. The lowest BCUT2D eigenvalue weighted by Gasteiger charge is -2.33. The quantitative estimate of drug-likeness (QED) is 0.842. The fourth-order valence-electron chi connectivity index (χ4n) is 2.16. The van der Waals surface area contributed by atoms with Gasteiger partial charge >= 0.3 is 6.18 Å². The zero-order valence-corrected chi connectivity index (χ0v) is 10.6. The van der Waals surface area contributed by atoms with Gasteiger partial charge in [0.25, 0.3) is 0 Å². The van der Waals surface area contributed by atoms with Crippen molar-refractivity contribution in [1.29, 1.82) is 0 Å². The number of hydrogen-bond donors (Lipinski definition) is 0. The Hall–Kier alpha value is -1.14. The predicted molar refractivity (Wildman–Crippen MR) is 64.8 cm³/mol. The van der Waals surface area contributed by atoms with Crippen molar-refractivity contribution in [1.82, 2.24) is 9.88 Å². The van der Waals surface area contributed by atoms with E-state index in [9.17, 15) is 13.2 Å². The summed E-state index contributed by atoms with van der Waals surface area (Å²) in [6.07, 6.45) is -0.739. The molecule has 0 aromatic carbocycles. The number of morpholine rings is 1. The summed E-state index contributed by atoms with van der Waals surface area (Å²) in [5, 5.41) is 0. The lowest BCUT2D eigenvalue weighted by atomic mass is 10.1. The van der Waals surface area contributed by atoms with Crippen molar-refractivity contribution >= 4 is 0 Å². The minimum absolute atomic E-state index is 0.0590. The van der Waals surface area contributed by atoms with Crippen LogP contribution in [0.5, 0.6) is 0 Å². The molecule has 1 aliphatic heterocycles. The maximum absolute atomic E-state index is 12.5. The molecule has 0 N–H and O–H groups in total. The Morgan fingerprint density at radius 3 is 2.95 bits per heavy atom. The smallest absolute Gasteiger partial charge is 0.366 e. The molecule has 106 valence electrons. The van der Waals surface area contributed by atoms with Gasteiger partial charge in [-0.2, -0.15) is 13.2 Å². The van der Waals surface area contributed by atoms with E-state index in [-0.39, 0.29) is 13.2 Å². The van der Waals surface area contributed by atoms with Crippen molar-refractivity contribution in [3.05, 3.63) is 30.1 Å². The van der Waals surface area contributed by atoms with Gasteiger partial charge in [-0.1, -0.05) is 6.07 Å². The molecule has 6 heteroatoms. The minimum Gasteiger partial charge on any atom is -0.366 e. The largest absolute Gasteiger partial charge is 0.415 e. The Bertz CT molecular complexity index is 383. The summed E-state index contributed by atoms with van der Waals surface area (Å²) in [7, 11) is 0. The zero-order valence-electron chi connectivity index (χ0n) is 10.6. The molecule has 0 radical (unpaired) electrons. The summed E-state index contributed by atoms with van der Waals surface area (Å²) in [5.74, 6) is 0. The van der Waals surface area contributed by atoms with Crippen LogP contribution in [-0.4, -0.2) is 48.4 Å². The van der Waals surface area contributed by atoms with Crippen LogP contribution in [0.15, 0.2) is 24.5 Å². The van der Waals surface area contributed by atoms with Crippen LogP contribution in [-0.2, 0) is 11.2 Å². The van der Waals surface area contributed by atoms with Crippen molar-refractivity contribution in [2.75, 3.05) is 26.2 Å². The Kier molecular flexibility index (Phi) is 4.76. The SMILES string of the molecule is FC(F)(F)[C@H]1CN(CCCc2cccnc2)CCO1. The van der Waals surface area contributed by atoms with Gasteiger partial charge in [0, 0.05) is 25.5 Å². The van der Waals surface area contributed by atoms with Gasteiger partial charge in [0.15, 0.2) is 6.10 Å². The number of aromatic nitrogens is 1. The van der Waals surface area contributed by atoms with Crippen LogP contribution in [0.2, 0.25) is 0 Å². The maximum atomic E-state index is 12.5. The lowest BCUT2D eigenvalue weighted by Crippen LogP contribution is -2.49. The number of nitrogens with zero attached hydrogens (tertiary/aromatic N) is 2. The normalized spacial score (nSPS) is 21.5. The minimum atomic E-state index is -4.26. The van der Waals surface area contributed by atoms with Gasteiger partial charge < -0.3 is 4.74 Å². The summed E-state index contributed by atoms with van der Waals surface area (Å²) in [6, 6.07) is 3.84. The van der Waals surface area contributed by atoms with Gasteiger partial charge in [0.05, 0.1) is 6.61 Å². The highest BCUT2D eigenvalue weighted by molar-refractivity contribution is 5.08. The molecular weight excluding hydrogens is 257 g/mol. The summed E-state index contributed by atoms with van der Waals surface area (Å²) >= 11 is 0. The van der Waals surface area contributed by atoms with E-state index in [1.54, 1.807) is 12.4 Å². The fraction of sp³-hybridized carbons (Fsp3) is 0.615. The Balaban J connectivity index is 1.74. The van der Waals surface area contributed by atoms with Crippen LogP contribution in [0.4, 0.5) is 13.2 Å². The highest BCUT2D eigenvalue weighted by atomic mass is 19.4. The van der Waals surface area contributed by atoms with Crippen LogP contribution < -0.4 is 0 Å². The topological polar surface area (TPSA) is 25.4 Å². The van der Waals surface area contributed by atoms with E-state index in [2.05, 4.69) is 4.98 Å². The molecule has 1 aliphatic rings. The van der Waals surface area contributed by atoms with E-state index in [0.29, 0.717) is 13.1 Å². The van der Waals surface area contributed by atoms with Crippen molar-refractivity contribution in [3.63, 3.8) is 0 Å². The standard InChI is InChI=1S/C13H17F3N2O/c14-13(15,16)12-10-18(7-8-19-12)6-2-4-11-3-1-5-17-9-11/h1,3,5,9,12H,2,4,6-8,10H2/t12-/m1/s1. The van der Waals surface area contributed by atoms with E-state index in [1.807, 2.05) is 17.0 Å². The van der Waals surface area contributed by atoms with E-state index in [4.69, 9.17) is 4.74 Å². The molecule has 1 aromatic rings. The van der Waals surface area contributed by atoms with Crippen molar-refractivity contribution in [3.8, 4) is 0 Å². The van der Waals surface area contributed by atoms with Crippen LogP contribution in [0.25, 0.3) is 0 Å². The van der Waals surface area contributed by atoms with Crippen LogP contribution in [0.1, 0.15) is 12.0 Å². The van der Waals surface area contributed by atoms with E-state index in [1.165, 1.54) is 0 Å². The first-order chi connectivity index (χ1) is 9.05. The number of alkyl halides is 3. The van der Waals surface area contributed by atoms with Gasteiger partial charge in [0.2, 0.25) is 0 Å². The van der Waals surface area contributed by atoms with Crippen molar-refractivity contribution in [2.45, 2.75) is 25.1 Å². The van der Waals surface area contributed by atoms with E-state index in [0.717, 1.165) is 18.4 Å². The molecule has 2 rings (SSSR count). The summed E-state index contributed by atoms with van der Waals surface area (Å²) in [4.78, 5) is 5.83. The average Bonchev–Trinajstić information content (AvgIpc) is 2.39. The second-order valence-corrected chi connectivity index (χ2v) is 4.67. The number of halogens is 3. The number of aryl methyl sites for hydroxylation is 1. The molecule has 0 aliphatic carbocycles. The second-order valence-electron chi connectivity index (χ2n) is 4.67. The molecule has 19 heavy (non-hydrogen) atoms. The van der Waals surface area contributed by atoms with Gasteiger partial charge in [0.1, 0.15) is 0 Å². The van der Waals surface area contributed by atoms with Gasteiger partial charge in [-0.15, -0.1) is 0 Å². The number of rotatable bonds is 4. The zero-order chi connectivity index (χ0) is 13.7. The Labute approximate surface area is 110 Å². The first kappa shape index (κ1) is 14.3. The van der Waals surface area contributed by atoms with Gasteiger partial charge in [-0.25, -0.2) is 0 Å². The summed E-state index contributed by atoms with van der Waals surface area (Å²) < 4.78 is 42.4. The summed E-state index contributed by atoms with van der Waals surface area (Å²) in [5.41, 5.74) is 1.11. The second kappa shape index (κ2) is 6.34. The monoisotopic (exact) mass is 274 g/mol. The lowest BCUT2D eigenvalue weighted by molar-refractivity contribution is -0.237. The van der Waals surface area contributed by atoms with Crippen molar-refractivity contribution in [2.24, 2.45) is 0 Å². The number of ether oxygens (including phenoxy) is 1. The maximum Gasteiger partial charge on any atom is 0.415 e. The molecule has 2 heterocycles. The molecular formula is C13H17F3N2O. The Morgan fingerprint density at radius 2 is 2.26 bits per heavy atom. The first-order valence-electron chi connectivity index (χ1n) is 6.35. The van der Waals surface area contributed by atoms with E-state index < -0.39 is 12.3 Å². The molecule has 1 atom stereocenters. The Morgan fingerprint density at radius 1 is 1.42 bits per heavy atom. The molecule has 3 nitrogen and oxygen atoms in total. The number of hydrogen-bond acceptors (Lipinski definition) is 3. The third-order valence-electron chi connectivity index (χ3n) is 3.18. The third-order valence-corrected chi connectivity index (χ3v) is 3.18.